The number of aryl methyl sites for hydroxylation is 2. The van der Waals surface area contributed by atoms with Crippen molar-refractivity contribution in [2.45, 2.75) is 90.9 Å². The van der Waals surface area contributed by atoms with Crippen LogP contribution in [0, 0.1) is 6.92 Å². The maximum absolute atomic E-state index is 4.21. The van der Waals surface area contributed by atoms with E-state index in [1.165, 1.54) is 73.7 Å². The van der Waals surface area contributed by atoms with Crippen LogP contribution in [0.3, 0.4) is 0 Å². The molecule has 0 heterocycles. The molecule has 2 aromatic carbocycles. The Balaban J connectivity index is 1.84. The smallest absolute Gasteiger partial charge is 0.0381 e. The topological polar surface area (TPSA) is 12.0 Å². The van der Waals surface area contributed by atoms with E-state index in [1.807, 2.05) is 0 Å². The van der Waals surface area contributed by atoms with Gasteiger partial charge in [-0.2, -0.15) is 0 Å². The predicted octanol–water partition coefficient (Wildman–Crippen LogP) is 8.80. The van der Waals surface area contributed by atoms with Gasteiger partial charge < -0.3 is 5.32 Å². The number of hydrogen-bond donors (Lipinski definition) is 1. The van der Waals surface area contributed by atoms with Gasteiger partial charge in [0.25, 0.3) is 0 Å². The molecule has 0 saturated carbocycles. The maximum atomic E-state index is 4.21. The minimum Gasteiger partial charge on any atom is -0.359 e. The van der Waals surface area contributed by atoms with Crippen LogP contribution in [-0.2, 0) is 6.42 Å². The molecule has 1 nitrogen and oxygen atoms in total. The molecule has 0 aliphatic carbocycles. The molecule has 29 heavy (non-hydrogen) atoms. The molecule has 1 heteroatoms. The quantitative estimate of drug-likeness (QED) is 0.317. The highest BCUT2D eigenvalue weighted by atomic mass is 14.9. The molecule has 1 N–H and O–H groups in total. The lowest BCUT2D eigenvalue weighted by atomic mass is 9.88. The van der Waals surface area contributed by atoms with Crippen LogP contribution in [0.4, 0.5) is 5.69 Å². The van der Waals surface area contributed by atoms with Gasteiger partial charge in [0.05, 0.1) is 0 Å². The summed E-state index contributed by atoms with van der Waals surface area (Å²) in [5.74, 6) is 0.636. The zero-order valence-corrected chi connectivity index (χ0v) is 19.0. The highest BCUT2D eigenvalue weighted by Gasteiger charge is 2.11. The van der Waals surface area contributed by atoms with E-state index in [0.29, 0.717) is 5.92 Å². The summed E-state index contributed by atoms with van der Waals surface area (Å²) in [4.78, 5) is 0. The van der Waals surface area contributed by atoms with Gasteiger partial charge in [0.2, 0.25) is 0 Å². The van der Waals surface area contributed by atoms with Crippen molar-refractivity contribution in [2.75, 3.05) is 5.32 Å². The first-order chi connectivity index (χ1) is 14.1. The van der Waals surface area contributed by atoms with Crippen molar-refractivity contribution in [3.05, 3.63) is 77.5 Å². The van der Waals surface area contributed by atoms with Crippen LogP contribution in [0.25, 0.3) is 0 Å². The van der Waals surface area contributed by atoms with Gasteiger partial charge in [-0.05, 0) is 68.2 Å². The lowest BCUT2D eigenvalue weighted by Crippen LogP contribution is -2.02. The molecule has 0 radical (unpaired) electrons. The lowest BCUT2D eigenvalue weighted by molar-refractivity contribution is 0.568. The van der Waals surface area contributed by atoms with Crippen LogP contribution in [0.2, 0.25) is 0 Å². The number of benzene rings is 2. The average molecular weight is 392 g/mol. The summed E-state index contributed by atoms with van der Waals surface area (Å²) in [7, 11) is 0. The number of anilines is 1. The second-order valence-electron chi connectivity index (χ2n) is 8.52. The van der Waals surface area contributed by atoms with E-state index in [2.05, 4.69) is 81.2 Å². The fraction of sp³-hybridized carbons (Fsp3) is 0.500. The number of hydrogen-bond acceptors (Lipinski definition) is 1. The van der Waals surface area contributed by atoms with Gasteiger partial charge in [0.15, 0.2) is 0 Å². The molecule has 0 bridgehead atoms. The van der Waals surface area contributed by atoms with Gasteiger partial charge in [0.1, 0.15) is 0 Å². The van der Waals surface area contributed by atoms with Gasteiger partial charge in [-0.1, -0.05) is 94.5 Å². The summed E-state index contributed by atoms with van der Waals surface area (Å²) in [5, 5.41) is 3.50. The monoisotopic (exact) mass is 391 g/mol. The first-order valence-corrected chi connectivity index (χ1v) is 11.7. The Morgan fingerprint density at radius 1 is 0.828 bits per heavy atom. The molecule has 0 amide bonds. The van der Waals surface area contributed by atoms with Crippen molar-refractivity contribution >= 4 is 5.69 Å². The van der Waals surface area contributed by atoms with Crippen molar-refractivity contribution in [1.29, 1.82) is 0 Å². The Morgan fingerprint density at radius 3 is 2.17 bits per heavy atom. The Hall–Kier alpha value is -2.02. The summed E-state index contributed by atoms with van der Waals surface area (Å²) < 4.78 is 0. The second-order valence-corrected chi connectivity index (χ2v) is 8.52. The van der Waals surface area contributed by atoms with Crippen LogP contribution in [0.1, 0.15) is 94.2 Å². The Bertz CT molecular complexity index is 696. The minimum atomic E-state index is 0.636. The summed E-state index contributed by atoms with van der Waals surface area (Å²) in [6, 6.07) is 18.1. The predicted molar refractivity (Wildman–Crippen MR) is 130 cm³/mol. The molecule has 0 fully saturated rings. The normalized spacial score (nSPS) is 12.0. The average Bonchev–Trinajstić information content (AvgIpc) is 2.73. The van der Waals surface area contributed by atoms with E-state index in [-0.39, 0.29) is 0 Å². The molecule has 158 valence electrons. The van der Waals surface area contributed by atoms with Crippen LogP contribution >= 0.6 is 0 Å². The molecule has 0 aliphatic rings. The number of nitrogens with one attached hydrogen (secondary N) is 1. The Kier molecular flexibility index (Phi) is 10.6. The highest BCUT2D eigenvalue weighted by molar-refractivity contribution is 5.49. The largest absolute Gasteiger partial charge is 0.359 e. The first-order valence-electron chi connectivity index (χ1n) is 11.7. The van der Waals surface area contributed by atoms with Crippen molar-refractivity contribution in [1.82, 2.24) is 0 Å². The number of rotatable bonds is 14. The molecule has 1 unspecified atom stereocenters. The lowest BCUT2D eigenvalue weighted by Gasteiger charge is -2.18. The van der Waals surface area contributed by atoms with Crippen LogP contribution < -0.4 is 5.32 Å². The summed E-state index contributed by atoms with van der Waals surface area (Å²) in [6.45, 7) is 10.9. The minimum absolute atomic E-state index is 0.636. The summed E-state index contributed by atoms with van der Waals surface area (Å²) in [6.07, 6.45) is 12.5. The zero-order valence-electron chi connectivity index (χ0n) is 19.0. The first kappa shape index (κ1) is 23.3. The SMILES string of the molecule is C=C(CCCCCCC)Nc1ccc(C(CCC)CCc2ccc(C)cc2)cc1. The fourth-order valence-electron chi connectivity index (χ4n) is 3.97. The number of unbranched alkanes of at least 4 members (excludes halogenated alkanes) is 4. The van der Waals surface area contributed by atoms with E-state index in [9.17, 15) is 0 Å². The van der Waals surface area contributed by atoms with Crippen molar-refractivity contribution in [3.63, 3.8) is 0 Å². The van der Waals surface area contributed by atoms with E-state index in [4.69, 9.17) is 0 Å². The van der Waals surface area contributed by atoms with Gasteiger partial charge in [-0.15, -0.1) is 0 Å². The molecule has 2 rings (SSSR count). The van der Waals surface area contributed by atoms with Crippen LogP contribution in [0.15, 0.2) is 60.8 Å². The van der Waals surface area contributed by atoms with Gasteiger partial charge in [-0.25, -0.2) is 0 Å². The van der Waals surface area contributed by atoms with Gasteiger partial charge >= 0.3 is 0 Å². The molecule has 0 aromatic heterocycles. The maximum Gasteiger partial charge on any atom is 0.0381 e. The van der Waals surface area contributed by atoms with Crippen molar-refractivity contribution < 1.29 is 0 Å². The van der Waals surface area contributed by atoms with Crippen molar-refractivity contribution in [2.24, 2.45) is 0 Å². The fourth-order valence-corrected chi connectivity index (χ4v) is 3.97. The third-order valence-corrected chi connectivity index (χ3v) is 5.82. The van der Waals surface area contributed by atoms with E-state index >= 15 is 0 Å². The number of allylic oxidation sites excluding steroid dienone is 1. The molecule has 0 saturated heterocycles. The summed E-state index contributed by atoms with van der Waals surface area (Å²) in [5.41, 5.74) is 6.56. The molecular formula is C28H41N. The standard InChI is InChI=1S/C28H41N/c1-5-7-8-9-10-12-24(4)29-28-21-19-27(20-22-28)26(11-6-2)18-17-25-15-13-23(3)14-16-25/h13-16,19-22,26,29H,4-12,17-18H2,1-3H3. The highest BCUT2D eigenvalue weighted by Crippen LogP contribution is 2.28. The molecular weight excluding hydrogens is 350 g/mol. The second kappa shape index (κ2) is 13.2. The van der Waals surface area contributed by atoms with Gasteiger partial charge in [0, 0.05) is 11.4 Å². The summed E-state index contributed by atoms with van der Waals surface area (Å²) >= 11 is 0. The third-order valence-electron chi connectivity index (χ3n) is 5.82. The Labute approximate surface area is 179 Å². The van der Waals surface area contributed by atoms with Crippen molar-refractivity contribution in [3.8, 4) is 0 Å². The van der Waals surface area contributed by atoms with Gasteiger partial charge in [-0.3, -0.25) is 0 Å². The van der Waals surface area contributed by atoms with Crippen LogP contribution in [0.5, 0.6) is 0 Å². The third kappa shape index (κ3) is 8.90. The molecule has 0 aliphatic heterocycles. The Morgan fingerprint density at radius 2 is 1.52 bits per heavy atom. The van der Waals surface area contributed by atoms with E-state index in [1.54, 1.807) is 0 Å². The molecule has 2 aromatic rings. The van der Waals surface area contributed by atoms with E-state index < -0.39 is 0 Å². The van der Waals surface area contributed by atoms with E-state index in [0.717, 1.165) is 18.5 Å². The molecule has 1 atom stereocenters. The van der Waals surface area contributed by atoms with Crippen LogP contribution in [-0.4, -0.2) is 0 Å². The zero-order chi connectivity index (χ0) is 20.9. The molecule has 0 spiro atoms.